The van der Waals surface area contributed by atoms with E-state index >= 15 is 0 Å². The maximum Gasteiger partial charge on any atom is 0.128 e. The summed E-state index contributed by atoms with van der Waals surface area (Å²) in [7, 11) is 0. The molecule has 1 aromatic rings. The molecule has 0 radical (unpaired) electrons. The van der Waals surface area contributed by atoms with E-state index in [-0.39, 0.29) is 13.2 Å². The van der Waals surface area contributed by atoms with Gasteiger partial charge in [0, 0.05) is 38.9 Å². The summed E-state index contributed by atoms with van der Waals surface area (Å²) in [6, 6.07) is 3.76. The van der Waals surface area contributed by atoms with Gasteiger partial charge in [0.1, 0.15) is 5.82 Å². The number of aliphatic hydroxyl groups excluding tert-OH is 2. The third-order valence-electron chi connectivity index (χ3n) is 3.11. The molecule has 17 heavy (non-hydrogen) atoms. The smallest absolute Gasteiger partial charge is 0.128 e. The lowest BCUT2D eigenvalue weighted by Gasteiger charge is -2.35. The standard InChI is InChI=1S/C12H19N3O2/c16-8-7-14-3-5-15(6-4-14)12-9-11(10-17)1-2-13-12/h1-2,9,16-17H,3-8,10H2. The highest BCUT2D eigenvalue weighted by atomic mass is 16.3. The van der Waals surface area contributed by atoms with Gasteiger partial charge in [0.25, 0.3) is 0 Å². The summed E-state index contributed by atoms with van der Waals surface area (Å²) in [5.41, 5.74) is 0.896. The van der Waals surface area contributed by atoms with Gasteiger partial charge in [-0.3, -0.25) is 4.90 Å². The molecule has 2 N–H and O–H groups in total. The number of hydrogen-bond acceptors (Lipinski definition) is 5. The van der Waals surface area contributed by atoms with Crippen LogP contribution in [0.1, 0.15) is 5.56 Å². The van der Waals surface area contributed by atoms with Crippen LogP contribution in [0.15, 0.2) is 18.3 Å². The van der Waals surface area contributed by atoms with Crippen molar-refractivity contribution in [3.8, 4) is 0 Å². The number of aliphatic hydroxyl groups is 2. The van der Waals surface area contributed by atoms with Gasteiger partial charge in [-0.15, -0.1) is 0 Å². The van der Waals surface area contributed by atoms with Gasteiger partial charge in [0.15, 0.2) is 0 Å². The molecule has 5 heteroatoms. The average molecular weight is 237 g/mol. The minimum atomic E-state index is 0.0556. The molecule has 0 spiro atoms. The van der Waals surface area contributed by atoms with Crippen molar-refractivity contribution in [1.29, 1.82) is 0 Å². The van der Waals surface area contributed by atoms with Crippen molar-refractivity contribution < 1.29 is 10.2 Å². The molecule has 1 aliphatic heterocycles. The molecule has 2 rings (SSSR count). The molecule has 0 atom stereocenters. The first kappa shape index (κ1) is 12.3. The summed E-state index contributed by atoms with van der Waals surface area (Å²) in [5.74, 6) is 0.931. The van der Waals surface area contributed by atoms with Gasteiger partial charge >= 0.3 is 0 Å². The molecule has 0 saturated carbocycles. The number of rotatable bonds is 4. The Kier molecular flexibility index (Phi) is 4.30. The van der Waals surface area contributed by atoms with Crippen molar-refractivity contribution in [2.45, 2.75) is 6.61 Å². The Morgan fingerprint density at radius 3 is 2.59 bits per heavy atom. The highest BCUT2D eigenvalue weighted by Gasteiger charge is 2.17. The van der Waals surface area contributed by atoms with Crippen LogP contribution in [0.4, 0.5) is 5.82 Å². The Hall–Kier alpha value is -1.17. The van der Waals surface area contributed by atoms with E-state index < -0.39 is 0 Å². The van der Waals surface area contributed by atoms with Gasteiger partial charge in [-0.2, -0.15) is 0 Å². The average Bonchev–Trinajstić information content (AvgIpc) is 2.40. The monoisotopic (exact) mass is 237 g/mol. The zero-order valence-electron chi connectivity index (χ0n) is 9.92. The van der Waals surface area contributed by atoms with E-state index in [1.807, 2.05) is 12.1 Å². The maximum atomic E-state index is 9.09. The van der Waals surface area contributed by atoms with Crippen molar-refractivity contribution in [2.24, 2.45) is 0 Å². The maximum absolute atomic E-state index is 9.09. The lowest BCUT2D eigenvalue weighted by atomic mass is 10.2. The minimum absolute atomic E-state index is 0.0556. The van der Waals surface area contributed by atoms with Crippen molar-refractivity contribution in [2.75, 3.05) is 44.2 Å². The fourth-order valence-corrected chi connectivity index (χ4v) is 2.07. The van der Waals surface area contributed by atoms with E-state index in [2.05, 4.69) is 14.8 Å². The van der Waals surface area contributed by atoms with Crippen molar-refractivity contribution in [3.63, 3.8) is 0 Å². The third kappa shape index (κ3) is 3.15. The van der Waals surface area contributed by atoms with Crippen LogP contribution in [0.25, 0.3) is 0 Å². The summed E-state index contributed by atoms with van der Waals surface area (Å²) in [6.07, 6.45) is 1.74. The first-order valence-corrected chi connectivity index (χ1v) is 5.97. The van der Waals surface area contributed by atoms with Gasteiger partial charge in [-0.05, 0) is 17.7 Å². The highest BCUT2D eigenvalue weighted by Crippen LogP contribution is 2.14. The van der Waals surface area contributed by atoms with E-state index in [9.17, 15) is 0 Å². The Morgan fingerprint density at radius 1 is 1.18 bits per heavy atom. The van der Waals surface area contributed by atoms with E-state index in [1.165, 1.54) is 0 Å². The molecule has 5 nitrogen and oxygen atoms in total. The molecule has 1 aromatic heterocycles. The Bertz CT molecular complexity index is 351. The largest absolute Gasteiger partial charge is 0.395 e. The molecule has 1 aliphatic rings. The van der Waals surface area contributed by atoms with E-state index in [4.69, 9.17) is 10.2 Å². The highest BCUT2D eigenvalue weighted by molar-refractivity contribution is 5.41. The van der Waals surface area contributed by atoms with Crippen LogP contribution in [0.3, 0.4) is 0 Å². The summed E-state index contributed by atoms with van der Waals surface area (Å²) >= 11 is 0. The summed E-state index contributed by atoms with van der Waals surface area (Å²) in [5, 5.41) is 18.0. The number of piperazine rings is 1. The summed E-state index contributed by atoms with van der Waals surface area (Å²) in [4.78, 5) is 8.79. The molecule has 0 aromatic carbocycles. The quantitative estimate of drug-likeness (QED) is 0.752. The fourth-order valence-electron chi connectivity index (χ4n) is 2.07. The van der Waals surface area contributed by atoms with E-state index in [0.29, 0.717) is 0 Å². The zero-order chi connectivity index (χ0) is 12.1. The lowest BCUT2D eigenvalue weighted by Crippen LogP contribution is -2.47. The van der Waals surface area contributed by atoms with Crippen LogP contribution >= 0.6 is 0 Å². The molecule has 0 bridgehead atoms. The van der Waals surface area contributed by atoms with Crippen LogP contribution in [0, 0.1) is 0 Å². The molecular formula is C12H19N3O2. The zero-order valence-corrected chi connectivity index (χ0v) is 9.92. The summed E-state index contributed by atoms with van der Waals surface area (Å²) in [6.45, 7) is 4.76. The second-order valence-corrected chi connectivity index (χ2v) is 4.23. The van der Waals surface area contributed by atoms with Crippen LogP contribution in [0.5, 0.6) is 0 Å². The molecule has 1 saturated heterocycles. The van der Waals surface area contributed by atoms with E-state index in [1.54, 1.807) is 6.20 Å². The third-order valence-corrected chi connectivity index (χ3v) is 3.11. The number of anilines is 1. The Labute approximate surface area is 101 Å². The van der Waals surface area contributed by atoms with Crippen LogP contribution in [-0.2, 0) is 6.61 Å². The molecule has 0 unspecified atom stereocenters. The van der Waals surface area contributed by atoms with Gasteiger partial charge in [-0.1, -0.05) is 0 Å². The molecule has 2 heterocycles. The summed E-state index contributed by atoms with van der Waals surface area (Å²) < 4.78 is 0. The molecule has 94 valence electrons. The SMILES string of the molecule is OCCN1CCN(c2cc(CO)ccn2)CC1. The number of pyridine rings is 1. The van der Waals surface area contributed by atoms with Gasteiger partial charge in [-0.25, -0.2) is 4.98 Å². The molecular weight excluding hydrogens is 218 g/mol. The van der Waals surface area contributed by atoms with Crippen LogP contribution in [-0.4, -0.2) is 59.4 Å². The number of aromatic nitrogens is 1. The Balaban J connectivity index is 1.95. The molecule has 1 fully saturated rings. The molecule has 0 aliphatic carbocycles. The Morgan fingerprint density at radius 2 is 1.94 bits per heavy atom. The van der Waals surface area contributed by atoms with Gasteiger partial charge in [0.2, 0.25) is 0 Å². The number of nitrogens with zero attached hydrogens (tertiary/aromatic N) is 3. The van der Waals surface area contributed by atoms with Crippen LogP contribution in [0.2, 0.25) is 0 Å². The first-order chi connectivity index (χ1) is 8.33. The second-order valence-electron chi connectivity index (χ2n) is 4.23. The fraction of sp³-hybridized carbons (Fsp3) is 0.583. The van der Waals surface area contributed by atoms with Crippen molar-refractivity contribution in [1.82, 2.24) is 9.88 Å². The number of β-amino-alcohol motifs (C(OH)–C–C–N with tert-alkyl or cyclic N) is 1. The van der Waals surface area contributed by atoms with Gasteiger partial charge in [0.05, 0.1) is 13.2 Å². The van der Waals surface area contributed by atoms with E-state index in [0.717, 1.165) is 44.1 Å². The molecule has 0 amide bonds. The minimum Gasteiger partial charge on any atom is -0.395 e. The topological polar surface area (TPSA) is 59.8 Å². The second kappa shape index (κ2) is 5.95. The predicted molar refractivity (Wildman–Crippen MR) is 65.9 cm³/mol. The normalized spacial score (nSPS) is 17.4. The van der Waals surface area contributed by atoms with Crippen molar-refractivity contribution in [3.05, 3.63) is 23.9 Å². The number of hydrogen-bond donors (Lipinski definition) is 2. The first-order valence-electron chi connectivity index (χ1n) is 5.97. The van der Waals surface area contributed by atoms with Crippen LogP contribution < -0.4 is 4.90 Å². The van der Waals surface area contributed by atoms with Gasteiger partial charge < -0.3 is 15.1 Å². The predicted octanol–water partition coefficient (Wildman–Crippen LogP) is -0.312. The lowest BCUT2D eigenvalue weighted by molar-refractivity contribution is 0.188. The van der Waals surface area contributed by atoms with Crippen molar-refractivity contribution >= 4 is 5.82 Å².